The summed E-state index contributed by atoms with van der Waals surface area (Å²) < 4.78 is 1.88. The molecular weight excluding hydrogens is 182 g/mol. The van der Waals surface area contributed by atoms with Crippen LogP contribution < -0.4 is 0 Å². The van der Waals surface area contributed by atoms with E-state index < -0.39 is 5.97 Å². The highest BCUT2D eigenvalue weighted by Crippen LogP contribution is 2.29. The summed E-state index contributed by atoms with van der Waals surface area (Å²) in [4.78, 5) is 10.5. The zero-order valence-corrected chi connectivity index (χ0v) is 7.89. The first-order chi connectivity index (χ1) is 6.77. The Morgan fingerprint density at radius 1 is 1.71 bits per heavy atom. The van der Waals surface area contributed by atoms with Crippen LogP contribution in [0.4, 0.5) is 0 Å². The molecule has 2 heterocycles. The lowest BCUT2D eigenvalue weighted by atomic mass is 9.92. The van der Waals surface area contributed by atoms with Gasteiger partial charge in [0.05, 0.1) is 11.9 Å². The van der Waals surface area contributed by atoms with Crippen molar-refractivity contribution in [3.63, 3.8) is 0 Å². The van der Waals surface area contributed by atoms with E-state index in [0.29, 0.717) is 12.3 Å². The van der Waals surface area contributed by atoms with E-state index >= 15 is 0 Å². The molecule has 1 N–H and O–H groups in total. The Morgan fingerprint density at radius 2 is 2.57 bits per heavy atom. The van der Waals surface area contributed by atoms with Crippen molar-refractivity contribution in [2.45, 2.75) is 38.1 Å². The Morgan fingerprint density at radius 3 is 3.36 bits per heavy atom. The fourth-order valence-electron chi connectivity index (χ4n) is 1.98. The number of hydrogen-bond acceptors (Lipinski definition) is 3. The van der Waals surface area contributed by atoms with Crippen molar-refractivity contribution in [2.75, 3.05) is 0 Å². The third-order valence-corrected chi connectivity index (χ3v) is 2.70. The van der Waals surface area contributed by atoms with Gasteiger partial charge in [0.25, 0.3) is 0 Å². The molecule has 2 rings (SSSR count). The fourth-order valence-corrected chi connectivity index (χ4v) is 1.98. The number of carbonyl (C=O) groups is 1. The predicted molar refractivity (Wildman–Crippen MR) is 48.9 cm³/mol. The average Bonchev–Trinajstić information content (AvgIpc) is 2.62. The van der Waals surface area contributed by atoms with E-state index in [0.717, 1.165) is 25.1 Å². The molecule has 1 unspecified atom stereocenters. The number of hydrogen-bond donors (Lipinski definition) is 1. The molecule has 0 bridgehead atoms. The van der Waals surface area contributed by atoms with Crippen molar-refractivity contribution in [2.24, 2.45) is 0 Å². The smallest absolute Gasteiger partial charge is 0.303 e. The zero-order chi connectivity index (χ0) is 9.97. The van der Waals surface area contributed by atoms with Gasteiger partial charge in [-0.15, -0.1) is 5.10 Å². The minimum absolute atomic E-state index is 0.232. The van der Waals surface area contributed by atoms with Gasteiger partial charge < -0.3 is 5.11 Å². The maximum atomic E-state index is 10.5. The van der Waals surface area contributed by atoms with Gasteiger partial charge >= 0.3 is 5.97 Å². The number of nitrogens with zero attached hydrogens (tertiary/aromatic N) is 3. The molecule has 0 spiro atoms. The Kier molecular flexibility index (Phi) is 2.47. The van der Waals surface area contributed by atoms with Crippen LogP contribution in [0.1, 0.15) is 37.3 Å². The van der Waals surface area contributed by atoms with Crippen molar-refractivity contribution < 1.29 is 9.90 Å². The number of aromatic nitrogens is 3. The van der Waals surface area contributed by atoms with Crippen molar-refractivity contribution in [3.8, 4) is 0 Å². The standard InChI is InChI=1S/C9H13N3O2/c13-9(14)4-3-7-2-1-5-12-8(7)6-10-11-12/h6-7H,1-5H2,(H,13,14). The normalized spacial score (nSPS) is 20.4. The summed E-state index contributed by atoms with van der Waals surface area (Å²) in [5, 5.41) is 16.4. The lowest BCUT2D eigenvalue weighted by molar-refractivity contribution is -0.137. The van der Waals surface area contributed by atoms with E-state index in [1.807, 2.05) is 4.68 Å². The van der Waals surface area contributed by atoms with Gasteiger partial charge in [-0.1, -0.05) is 5.21 Å². The van der Waals surface area contributed by atoms with E-state index in [1.54, 1.807) is 6.20 Å². The maximum Gasteiger partial charge on any atom is 0.303 e. The Hall–Kier alpha value is -1.39. The van der Waals surface area contributed by atoms with E-state index in [2.05, 4.69) is 10.3 Å². The lowest BCUT2D eigenvalue weighted by Gasteiger charge is -2.21. The van der Waals surface area contributed by atoms with Gasteiger partial charge in [0.1, 0.15) is 0 Å². The van der Waals surface area contributed by atoms with Crippen LogP contribution >= 0.6 is 0 Å². The molecule has 5 nitrogen and oxygen atoms in total. The summed E-state index contributed by atoms with van der Waals surface area (Å²) in [6.07, 6.45) is 4.81. The molecule has 1 aliphatic heterocycles. The summed E-state index contributed by atoms with van der Waals surface area (Å²) >= 11 is 0. The van der Waals surface area contributed by atoms with Crippen LogP contribution in [0.25, 0.3) is 0 Å². The number of fused-ring (bicyclic) bond motifs is 1. The Balaban J connectivity index is 2.05. The molecule has 1 aliphatic rings. The van der Waals surface area contributed by atoms with Crippen LogP contribution in [0.5, 0.6) is 0 Å². The van der Waals surface area contributed by atoms with Gasteiger partial charge in [-0.2, -0.15) is 0 Å². The first-order valence-electron chi connectivity index (χ1n) is 4.87. The fraction of sp³-hybridized carbons (Fsp3) is 0.667. The van der Waals surface area contributed by atoms with Crippen LogP contribution in [0, 0.1) is 0 Å². The van der Waals surface area contributed by atoms with E-state index in [9.17, 15) is 4.79 Å². The third-order valence-electron chi connectivity index (χ3n) is 2.70. The van der Waals surface area contributed by atoms with Crippen molar-refractivity contribution in [1.82, 2.24) is 15.0 Å². The molecule has 0 fully saturated rings. The highest BCUT2D eigenvalue weighted by molar-refractivity contribution is 5.66. The summed E-state index contributed by atoms with van der Waals surface area (Å²) in [5.41, 5.74) is 1.09. The predicted octanol–water partition coefficient (Wildman–Crippen LogP) is 1.02. The number of aliphatic carboxylic acids is 1. The van der Waals surface area contributed by atoms with Crippen LogP contribution in [0.3, 0.4) is 0 Å². The van der Waals surface area contributed by atoms with Gasteiger partial charge in [-0.05, 0) is 19.3 Å². The van der Waals surface area contributed by atoms with Crippen LogP contribution in [0.15, 0.2) is 6.20 Å². The van der Waals surface area contributed by atoms with Crippen molar-refractivity contribution in [3.05, 3.63) is 11.9 Å². The van der Waals surface area contributed by atoms with Crippen molar-refractivity contribution >= 4 is 5.97 Å². The van der Waals surface area contributed by atoms with Crippen molar-refractivity contribution in [1.29, 1.82) is 0 Å². The summed E-state index contributed by atoms with van der Waals surface area (Å²) in [7, 11) is 0. The summed E-state index contributed by atoms with van der Waals surface area (Å²) in [5.74, 6) is -0.399. The second-order valence-corrected chi connectivity index (χ2v) is 3.65. The highest BCUT2D eigenvalue weighted by atomic mass is 16.4. The molecule has 0 amide bonds. The summed E-state index contributed by atoms with van der Waals surface area (Å²) in [6.45, 7) is 0.916. The number of carboxylic acid groups (broad SMARTS) is 1. The molecule has 1 atom stereocenters. The molecule has 0 saturated carbocycles. The van der Waals surface area contributed by atoms with Crippen LogP contribution in [0.2, 0.25) is 0 Å². The second kappa shape index (κ2) is 3.77. The molecule has 76 valence electrons. The first kappa shape index (κ1) is 9.18. The van der Waals surface area contributed by atoms with Gasteiger partial charge in [-0.25, -0.2) is 4.68 Å². The summed E-state index contributed by atoms with van der Waals surface area (Å²) in [6, 6.07) is 0. The molecule has 0 aliphatic carbocycles. The molecule has 0 radical (unpaired) electrons. The first-order valence-corrected chi connectivity index (χ1v) is 4.87. The Bertz CT molecular complexity index is 335. The zero-order valence-electron chi connectivity index (χ0n) is 7.89. The van der Waals surface area contributed by atoms with Gasteiger partial charge in [0.2, 0.25) is 0 Å². The highest BCUT2D eigenvalue weighted by Gasteiger charge is 2.21. The average molecular weight is 195 g/mol. The third kappa shape index (κ3) is 1.76. The molecule has 0 aromatic carbocycles. The molecular formula is C9H13N3O2. The monoisotopic (exact) mass is 195 g/mol. The van der Waals surface area contributed by atoms with E-state index in [-0.39, 0.29) is 6.42 Å². The maximum absolute atomic E-state index is 10.5. The minimum atomic E-state index is -0.727. The number of rotatable bonds is 3. The lowest BCUT2D eigenvalue weighted by Crippen LogP contribution is -2.17. The van der Waals surface area contributed by atoms with Crippen LogP contribution in [-0.2, 0) is 11.3 Å². The van der Waals surface area contributed by atoms with Gasteiger partial charge in [0.15, 0.2) is 0 Å². The number of carboxylic acids is 1. The number of aryl methyl sites for hydroxylation is 1. The van der Waals surface area contributed by atoms with E-state index in [1.165, 1.54) is 0 Å². The second-order valence-electron chi connectivity index (χ2n) is 3.65. The van der Waals surface area contributed by atoms with Gasteiger partial charge in [-0.3, -0.25) is 4.79 Å². The van der Waals surface area contributed by atoms with Crippen LogP contribution in [-0.4, -0.2) is 26.1 Å². The molecule has 14 heavy (non-hydrogen) atoms. The Labute approximate surface area is 81.7 Å². The molecule has 1 aromatic heterocycles. The molecule has 0 saturated heterocycles. The largest absolute Gasteiger partial charge is 0.481 e. The molecule has 1 aromatic rings. The molecule has 5 heteroatoms. The topological polar surface area (TPSA) is 68.0 Å². The van der Waals surface area contributed by atoms with Gasteiger partial charge in [0, 0.05) is 18.9 Å². The SMILES string of the molecule is O=C(O)CCC1CCCn2nncc21. The minimum Gasteiger partial charge on any atom is -0.481 e. The quantitative estimate of drug-likeness (QED) is 0.781. The van der Waals surface area contributed by atoms with E-state index in [4.69, 9.17) is 5.11 Å².